The van der Waals surface area contributed by atoms with Crippen LogP contribution in [0, 0.1) is 0 Å². The van der Waals surface area contributed by atoms with E-state index in [-0.39, 0.29) is 12.5 Å². The summed E-state index contributed by atoms with van der Waals surface area (Å²) in [7, 11) is 0. The molecule has 1 amide bonds. The zero-order valence-electron chi connectivity index (χ0n) is 6.60. The molecule has 1 heterocycles. The van der Waals surface area contributed by atoms with Crippen molar-refractivity contribution in [3.8, 4) is 0 Å². The molecular formula is C7H10N4O. The first-order chi connectivity index (χ1) is 5.84. The maximum atomic E-state index is 11.2. The summed E-state index contributed by atoms with van der Waals surface area (Å²) in [5.41, 5.74) is 0. The van der Waals surface area contributed by atoms with Crippen LogP contribution in [0.5, 0.6) is 0 Å². The Labute approximate surface area is 69.8 Å². The van der Waals surface area contributed by atoms with Gasteiger partial charge >= 0.3 is 0 Å². The fourth-order valence-corrected chi connectivity index (χ4v) is 0.962. The minimum Gasteiger partial charge on any atom is -0.352 e. The molecule has 0 spiro atoms. The Morgan fingerprint density at radius 1 is 1.67 bits per heavy atom. The van der Waals surface area contributed by atoms with Gasteiger partial charge in [0.1, 0.15) is 19.2 Å². The van der Waals surface area contributed by atoms with Crippen LogP contribution in [0.15, 0.2) is 12.7 Å². The third-order valence-electron chi connectivity index (χ3n) is 1.71. The van der Waals surface area contributed by atoms with Crippen molar-refractivity contribution in [3.63, 3.8) is 0 Å². The van der Waals surface area contributed by atoms with Crippen LogP contribution >= 0.6 is 0 Å². The molecule has 1 aromatic heterocycles. The van der Waals surface area contributed by atoms with E-state index in [2.05, 4.69) is 15.4 Å². The molecule has 1 aliphatic carbocycles. The average molecular weight is 166 g/mol. The summed E-state index contributed by atoms with van der Waals surface area (Å²) in [4.78, 5) is 14.9. The van der Waals surface area contributed by atoms with E-state index in [1.165, 1.54) is 17.3 Å². The minimum atomic E-state index is 0.0167. The molecule has 0 aliphatic heterocycles. The van der Waals surface area contributed by atoms with Crippen LogP contribution in [0.3, 0.4) is 0 Å². The van der Waals surface area contributed by atoms with Crippen LogP contribution in [0.2, 0.25) is 0 Å². The lowest BCUT2D eigenvalue weighted by Crippen LogP contribution is -2.29. The lowest BCUT2D eigenvalue weighted by molar-refractivity contribution is -0.122. The van der Waals surface area contributed by atoms with Gasteiger partial charge in [0.05, 0.1) is 0 Å². The van der Waals surface area contributed by atoms with Crippen molar-refractivity contribution in [1.29, 1.82) is 0 Å². The first-order valence-corrected chi connectivity index (χ1v) is 3.96. The van der Waals surface area contributed by atoms with Gasteiger partial charge in [0.15, 0.2) is 0 Å². The Morgan fingerprint density at radius 3 is 3.08 bits per heavy atom. The summed E-state index contributed by atoms with van der Waals surface area (Å²) in [6.45, 7) is 0.274. The van der Waals surface area contributed by atoms with E-state index in [0.29, 0.717) is 6.04 Å². The molecule has 1 fully saturated rings. The second-order valence-electron chi connectivity index (χ2n) is 2.93. The molecule has 0 unspecified atom stereocenters. The highest BCUT2D eigenvalue weighted by Crippen LogP contribution is 2.18. The van der Waals surface area contributed by atoms with E-state index in [1.54, 1.807) is 0 Å². The van der Waals surface area contributed by atoms with E-state index >= 15 is 0 Å². The lowest BCUT2D eigenvalue weighted by atomic mass is 10.5. The third-order valence-corrected chi connectivity index (χ3v) is 1.71. The number of nitrogens with one attached hydrogen (secondary N) is 1. The minimum absolute atomic E-state index is 0.0167. The Balaban J connectivity index is 1.82. The molecule has 0 aromatic carbocycles. The topological polar surface area (TPSA) is 59.8 Å². The Bertz CT molecular complexity index is 265. The van der Waals surface area contributed by atoms with E-state index in [1.807, 2.05) is 0 Å². The van der Waals surface area contributed by atoms with Gasteiger partial charge in [-0.15, -0.1) is 0 Å². The number of hydrogen-bond donors (Lipinski definition) is 1. The molecule has 0 atom stereocenters. The molecule has 0 radical (unpaired) electrons. The second kappa shape index (κ2) is 2.92. The SMILES string of the molecule is O=C(Cn1cncn1)NC1CC1. The molecule has 1 aromatic rings. The van der Waals surface area contributed by atoms with Crippen molar-refractivity contribution in [2.45, 2.75) is 25.4 Å². The molecule has 1 N–H and O–H groups in total. The normalized spacial score (nSPS) is 16.0. The number of nitrogens with zero attached hydrogens (tertiary/aromatic N) is 3. The maximum Gasteiger partial charge on any atom is 0.242 e. The summed E-state index contributed by atoms with van der Waals surface area (Å²) < 4.78 is 1.51. The van der Waals surface area contributed by atoms with Crippen LogP contribution in [0.4, 0.5) is 0 Å². The van der Waals surface area contributed by atoms with Gasteiger partial charge in [-0.2, -0.15) is 5.10 Å². The van der Waals surface area contributed by atoms with Crippen LogP contribution in [-0.4, -0.2) is 26.7 Å². The molecule has 0 bridgehead atoms. The highest BCUT2D eigenvalue weighted by atomic mass is 16.2. The molecule has 5 nitrogen and oxygen atoms in total. The molecule has 1 aliphatic rings. The second-order valence-corrected chi connectivity index (χ2v) is 2.93. The third kappa shape index (κ3) is 1.81. The highest BCUT2D eigenvalue weighted by Gasteiger charge is 2.23. The van der Waals surface area contributed by atoms with Crippen molar-refractivity contribution >= 4 is 5.91 Å². The summed E-state index contributed by atoms with van der Waals surface area (Å²) in [5.74, 6) is 0.0167. The summed E-state index contributed by atoms with van der Waals surface area (Å²) in [6, 6.07) is 0.418. The zero-order chi connectivity index (χ0) is 8.39. The van der Waals surface area contributed by atoms with Crippen molar-refractivity contribution in [1.82, 2.24) is 20.1 Å². The predicted molar refractivity (Wildman–Crippen MR) is 41.2 cm³/mol. The molecular weight excluding hydrogens is 156 g/mol. The van der Waals surface area contributed by atoms with Gasteiger partial charge in [-0.05, 0) is 12.8 Å². The Morgan fingerprint density at radius 2 is 2.50 bits per heavy atom. The number of aromatic nitrogens is 3. The van der Waals surface area contributed by atoms with Crippen LogP contribution in [0.1, 0.15) is 12.8 Å². The van der Waals surface area contributed by atoms with Crippen molar-refractivity contribution < 1.29 is 4.79 Å². The fourth-order valence-electron chi connectivity index (χ4n) is 0.962. The van der Waals surface area contributed by atoms with E-state index in [4.69, 9.17) is 0 Å². The smallest absolute Gasteiger partial charge is 0.242 e. The first-order valence-electron chi connectivity index (χ1n) is 3.96. The van der Waals surface area contributed by atoms with Gasteiger partial charge in [-0.3, -0.25) is 4.79 Å². The Kier molecular flexibility index (Phi) is 1.77. The van der Waals surface area contributed by atoms with Gasteiger partial charge in [0, 0.05) is 6.04 Å². The standard InChI is InChI=1S/C7H10N4O/c12-7(10-6-1-2-6)3-11-5-8-4-9-11/h4-6H,1-3H2,(H,10,12). The van der Waals surface area contributed by atoms with Crippen LogP contribution in [0.25, 0.3) is 0 Å². The number of hydrogen-bond acceptors (Lipinski definition) is 3. The average Bonchev–Trinajstić information content (AvgIpc) is 2.66. The monoisotopic (exact) mass is 166 g/mol. The molecule has 12 heavy (non-hydrogen) atoms. The number of carbonyl (C=O) groups excluding carboxylic acids is 1. The van der Waals surface area contributed by atoms with Crippen molar-refractivity contribution in [3.05, 3.63) is 12.7 Å². The quantitative estimate of drug-likeness (QED) is 0.662. The summed E-state index contributed by atoms with van der Waals surface area (Å²) >= 11 is 0. The largest absolute Gasteiger partial charge is 0.352 e. The van der Waals surface area contributed by atoms with Gasteiger partial charge in [-0.1, -0.05) is 0 Å². The number of carbonyl (C=O) groups is 1. The Hall–Kier alpha value is -1.39. The number of amides is 1. The molecule has 5 heteroatoms. The van der Waals surface area contributed by atoms with E-state index < -0.39 is 0 Å². The fraction of sp³-hybridized carbons (Fsp3) is 0.571. The highest BCUT2D eigenvalue weighted by molar-refractivity contribution is 5.76. The van der Waals surface area contributed by atoms with Gasteiger partial charge in [0.2, 0.25) is 5.91 Å². The van der Waals surface area contributed by atoms with E-state index in [9.17, 15) is 4.79 Å². The first kappa shape index (κ1) is 7.27. The molecule has 1 saturated carbocycles. The van der Waals surface area contributed by atoms with Crippen molar-refractivity contribution in [2.24, 2.45) is 0 Å². The molecule has 0 saturated heterocycles. The van der Waals surface area contributed by atoms with Gasteiger partial charge < -0.3 is 5.32 Å². The van der Waals surface area contributed by atoms with E-state index in [0.717, 1.165) is 12.8 Å². The van der Waals surface area contributed by atoms with Crippen molar-refractivity contribution in [2.75, 3.05) is 0 Å². The van der Waals surface area contributed by atoms with Gasteiger partial charge in [-0.25, -0.2) is 9.67 Å². The van der Waals surface area contributed by atoms with Crippen LogP contribution < -0.4 is 5.32 Å². The van der Waals surface area contributed by atoms with Crippen LogP contribution in [-0.2, 0) is 11.3 Å². The summed E-state index contributed by atoms with van der Waals surface area (Å²) in [5, 5.41) is 6.69. The number of rotatable bonds is 3. The maximum absolute atomic E-state index is 11.2. The lowest BCUT2D eigenvalue weighted by Gasteiger charge is -2.01. The predicted octanol–water partition coefficient (Wildman–Crippen LogP) is -0.443. The molecule has 2 rings (SSSR count). The van der Waals surface area contributed by atoms with Gasteiger partial charge in [0.25, 0.3) is 0 Å². The summed E-state index contributed by atoms with van der Waals surface area (Å²) in [6.07, 6.45) is 5.18. The zero-order valence-corrected chi connectivity index (χ0v) is 6.60. The molecule has 64 valence electrons.